The maximum Gasteiger partial charge on any atom is 0.145 e. The molecule has 0 spiro atoms. The fourth-order valence-electron chi connectivity index (χ4n) is 2.95. The first-order valence-corrected chi connectivity index (χ1v) is 10.5. The van der Waals surface area contributed by atoms with E-state index < -0.39 is 0 Å². The Morgan fingerprint density at radius 2 is 1.84 bits per heavy atom. The predicted octanol–water partition coefficient (Wildman–Crippen LogP) is 4.25. The molecule has 2 aromatic heterocycles. The van der Waals surface area contributed by atoms with Crippen molar-refractivity contribution in [2.24, 2.45) is 0 Å². The summed E-state index contributed by atoms with van der Waals surface area (Å²) in [6.45, 7) is 0.934. The van der Waals surface area contributed by atoms with E-state index in [0.29, 0.717) is 52.3 Å². The predicted molar refractivity (Wildman–Crippen MR) is 120 cm³/mol. The second kappa shape index (κ2) is 11.0. The lowest BCUT2D eigenvalue weighted by molar-refractivity contribution is 0.146. The summed E-state index contributed by atoms with van der Waals surface area (Å²) in [7, 11) is 3.33. The molecule has 0 aliphatic heterocycles. The van der Waals surface area contributed by atoms with Crippen LogP contribution in [0.25, 0.3) is 11.1 Å². The van der Waals surface area contributed by atoms with Gasteiger partial charge in [0.25, 0.3) is 0 Å². The van der Waals surface area contributed by atoms with Crippen molar-refractivity contribution in [3.05, 3.63) is 65.5 Å². The van der Waals surface area contributed by atoms with Crippen molar-refractivity contribution in [2.45, 2.75) is 10.8 Å². The molecule has 156 valence electrons. The number of anilines is 1. The van der Waals surface area contributed by atoms with Gasteiger partial charge < -0.3 is 14.8 Å². The molecule has 0 aliphatic rings. The number of benzene rings is 1. The lowest BCUT2D eigenvalue weighted by atomic mass is 9.96. The highest BCUT2D eigenvalue weighted by Crippen LogP contribution is 2.37. The topological polar surface area (TPSA) is 104 Å². The number of pyridine rings is 2. The maximum atomic E-state index is 9.96. The van der Waals surface area contributed by atoms with Gasteiger partial charge in [-0.15, -0.1) is 11.8 Å². The molecule has 1 N–H and O–H groups in total. The Morgan fingerprint density at radius 3 is 2.45 bits per heavy atom. The van der Waals surface area contributed by atoms with Gasteiger partial charge in [-0.25, -0.2) is 4.98 Å². The summed E-state index contributed by atoms with van der Waals surface area (Å²) in [6.07, 6.45) is 3.50. The van der Waals surface area contributed by atoms with Gasteiger partial charge in [0.05, 0.1) is 12.2 Å². The number of rotatable bonds is 9. The zero-order valence-electron chi connectivity index (χ0n) is 17.3. The first-order chi connectivity index (χ1) is 15.2. The fraction of sp³-hybridized carbons (Fsp3) is 0.217. The summed E-state index contributed by atoms with van der Waals surface area (Å²) in [6, 6.07) is 15.6. The highest BCUT2D eigenvalue weighted by Gasteiger charge is 2.21. The number of hydrogen-bond acceptors (Lipinski definition) is 8. The largest absolute Gasteiger partial charge is 0.491 e. The van der Waals surface area contributed by atoms with E-state index in [1.807, 2.05) is 36.4 Å². The van der Waals surface area contributed by atoms with Crippen LogP contribution >= 0.6 is 11.8 Å². The third-order valence-corrected chi connectivity index (χ3v) is 5.47. The third-order valence-electron chi connectivity index (χ3n) is 4.42. The van der Waals surface area contributed by atoms with Gasteiger partial charge >= 0.3 is 0 Å². The van der Waals surface area contributed by atoms with Crippen LogP contribution in [0, 0.1) is 22.7 Å². The molecule has 7 nitrogen and oxygen atoms in total. The van der Waals surface area contributed by atoms with E-state index in [2.05, 4.69) is 27.4 Å². The molecule has 0 unspecified atom stereocenters. The molecule has 0 aliphatic carbocycles. The molecular formula is C23H21N5O2S. The van der Waals surface area contributed by atoms with Gasteiger partial charge in [-0.1, -0.05) is 18.2 Å². The zero-order chi connectivity index (χ0) is 22.1. The summed E-state index contributed by atoms with van der Waals surface area (Å²) in [4.78, 5) is 8.68. The van der Waals surface area contributed by atoms with Gasteiger partial charge in [0.15, 0.2) is 0 Å². The zero-order valence-corrected chi connectivity index (χ0v) is 18.1. The van der Waals surface area contributed by atoms with E-state index in [1.165, 1.54) is 11.8 Å². The minimum Gasteiger partial charge on any atom is -0.491 e. The minimum atomic E-state index is 0.331. The molecule has 0 amide bonds. The van der Waals surface area contributed by atoms with Gasteiger partial charge in [0.2, 0.25) is 0 Å². The van der Waals surface area contributed by atoms with Crippen LogP contribution in [0.2, 0.25) is 0 Å². The van der Waals surface area contributed by atoms with E-state index >= 15 is 0 Å². The molecule has 0 atom stereocenters. The van der Waals surface area contributed by atoms with Gasteiger partial charge in [-0.05, 0) is 29.3 Å². The van der Waals surface area contributed by atoms with E-state index in [1.54, 1.807) is 26.6 Å². The van der Waals surface area contributed by atoms with E-state index in [0.717, 1.165) is 11.1 Å². The summed E-state index contributed by atoms with van der Waals surface area (Å²) < 4.78 is 10.6. The Kier molecular flexibility index (Phi) is 7.83. The Hall–Kier alpha value is -3.59. The van der Waals surface area contributed by atoms with Crippen LogP contribution in [0.1, 0.15) is 16.7 Å². The Bertz CT molecular complexity index is 1110. The smallest absolute Gasteiger partial charge is 0.145 e. The number of nitrogens with one attached hydrogen (secondary N) is 1. The molecule has 8 heteroatoms. The van der Waals surface area contributed by atoms with Gasteiger partial charge in [0, 0.05) is 37.9 Å². The van der Waals surface area contributed by atoms with Crippen molar-refractivity contribution in [2.75, 3.05) is 32.7 Å². The number of ether oxygens (including phenoxy) is 2. The summed E-state index contributed by atoms with van der Waals surface area (Å²) in [5, 5.41) is 23.3. The van der Waals surface area contributed by atoms with Crippen LogP contribution in [0.5, 0.6) is 5.75 Å². The van der Waals surface area contributed by atoms with Crippen LogP contribution < -0.4 is 10.1 Å². The average Bonchev–Trinajstić information content (AvgIpc) is 2.82. The number of aromatic nitrogens is 2. The number of methoxy groups -OCH3 is 1. The monoisotopic (exact) mass is 431 g/mol. The van der Waals surface area contributed by atoms with Gasteiger partial charge in [-0.2, -0.15) is 10.5 Å². The number of nitriles is 2. The van der Waals surface area contributed by atoms with Crippen molar-refractivity contribution >= 4 is 17.6 Å². The molecular weight excluding hydrogens is 410 g/mol. The van der Waals surface area contributed by atoms with E-state index in [-0.39, 0.29) is 0 Å². The SMILES string of the molecule is CNc1nc(SCc2cccnc2)c(C#N)c(-c2ccc(OCCOC)cc2)c1C#N. The normalized spacial score (nSPS) is 10.2. The highest BCUT2D eigenvalue weighted by atomic mass is 32.2. The van der Waals surface area contributed by atoms with Crippen LogP contribution in [0.3, 0.4) is 0 Å². The van der Waals surface area contributed by atoms with E-state index in [9.17, 15) is 10.5 Å². The molecule has 0 fully saturated rings. The summed E-state index contributed by atoms with van der Waals surface area (Å²) in [5.41, 5.74) is 3.03. The van der Waals surface area contributed by atoms with Crippen molar-refractivity contribution < 1.29 is 9.47 Å². The lowest BCUT2D eigenvalue weighted by Crippen LogP contribution is -2.05. The van der Waals surface area contributed by atoms with Crippen LogP contribution in [-0.2, 0) is 10.5 Å². The molecule has 1 aromatic carbocycles. The molecule has 0 saturated heterocycles. The lowest BCUT2D eigenvalue weighted by Gasteiger charge is -2.15. The molecule has 0 bridgehead atoms. The molecule has 3 rings (SSSR count). The van der Waals surface area contributed by atoms with Crippen LogP contribution in [0.15, 0.2) is 53.8 Å². The Morgan fingerprint density at radius 1 is 1.06 bits per heavy atom. The van der Waals surface area contributed by atoms with E-state index in [4.69, 9.17) is 9.47 Å². The first-order valence-electron chi connectivity index (χ1n) is 9.51. The molecule has 31 heavy (non-hydrogen) atoms. The molecule has 2 heterocycles. The molecule has 3 aromatic rings. The Balaban J connectivity index is 2.01. The quantitative estimate of drug-likeness (QED) is 0.396. The van der Waals surface area contributed by atoms with Crippen molar-refractivity contribution in [3.63, 3.8) is 0 Å². The number of hydrogen-bond donors (Lipinski definition) is 1. The van der Waals surface area contributed by atoms with Gasteiger partial charge in [0.1, 0.15) is 40.9 Å². The Labute approximate surface area is 185 Å². The van der Waals surface area contributed by atoms with Crippen LogP contribution in [0.4, 0.5) is 5.82 Å². The summed E-state index contributed by atoms with van der Waals surface area (Å²) >= 11 is 1.44. The standard InChI is InChI=1S/C23H21N5O2S/c1-26-22-19(12-24)21(17-5-7-18(8-6-17)30-11-10-29-2)20(13-25)23(28-22)31-15-16-4-3-9-27-14-16/h3-9,14H,10-11,15H2,1-2H3,(H,26,28). The second-order valence-corrected chi connectivity index (χ2v) is 7.34. The minimum absolute atomic E-state index is 0.331. The summed E-state index contributed by atoms with van der Waals surface area (Å²) in [5.74, 6) is 1.73. The van der Waals surface area contributed by atoms with Crippen LogP contribution in [-0.4, -0.2) is 37.3 Å². The number of thioether (sulfide) groups is 1. The highest BCUT2D eigenvalue weighted by molar-refractivity contribution is 7.98. The van der Waals surface area contributed by atoms with Crippen molar-refractivity contribution in [1.82, 2.24) is 9.97 Å². The third kappa shape index (κ3) is 5.32. The fourth-order valence-corrected chi connectivity index (χ4v) is 3.87. The van der Waals surface area contributed by atoms with Crippen molar-refractivity contribution in [1.29, 1.82) is 10.5 Å². The maximum absolute atomic E-state index is 9.96. The van der Waals surface area contributed by atoms with Gasteiger partial charge in [-0.3, -0.25) is 4.98 Å². The van der Waals surface area contributed by atoms with Crippen molar-refractivity contribution in [3.8, 4) is 29.0 Å². The average molecular weight is 432 g/mol. The second-order valence-electron chi connectivity index (χ2n) is 6.38. The molecule has 0 saturated carbocycles. The first kappa shape index (κ1) is 22.1. The molecule has 0 radical (unpaired) electrons. The number of nitrogens with zero attached hydrogens (tertiary/aromatic N) is 4.